The van der Waals surface area contributed by atoms with Gasteiger partial charge in [0.25, 0.3) is 5.91 Å². The van der Waals surface area contributed by atoms with E-state index in [1.165, 1.54) is 0 Å². The van der Waals surface area contributed by atoms with E-state index in [1.807, 2.05) is 0 Å². The highest BCUT2D eigenvalue weighted by Crippen LogP contribution is 2.12. The van der Waals surface area contributed by atoms with E-state index >= 15 is 0 Å². The van der Waals surface area contributed by atoms with E-state index in [4.69, 9.17) is 9.47 Å². The Morgan fingerprint density at radius 1 is 1.39 bits per heavy atom. The molecule has 1 unspecified atom stereocenters. The molecule has 0 heterocycles. The van der Waals surface area contributed by atoms with Gasteiger partial charge in [-0.1, -0.05) is 0 Å². The molecule has 0 spiro atoms. The van der Waals surface area contributed by atoms with Gasteiger partial charge in [0.05, 0.1) is 6.61 Å². The lowest BCUT2D eigenvalue weighted by molar-refractivity contribution is -0.127. The summed E-state index contributed by atoms with van der Waals surface area (Å²) in [6, 6.07) is 6.58. The smallest absolute Gasteiger partial charge is 0.260 e. The quantitative estimate of drug-likeness (QED) is 0.580. The number of methoxy groups -OCH3 is 1. The molecule has 0 radical (unpaired) electrons. The number of carbonyl (C=O) groups is 2. The van der Waals surface area contributed by atoms with Gasteiger partial charge in [-0.25, -0.2) is 0 Å². The maximum Gasteiger partial charge on any atom is 0.260 e. The number of benzene rings is 1. The predicted molar refractivity (Wildman–Crippen MR) is 66.8 cm³/mol. The Kier molecular flexibility index (Phi) is 5.87. The van der Waals surface area contributed by atoms with Gasteiger partial charge in [0.1, 0.15) is 12.0 Å². The maximum absolute atomic E-state index is 11.6. The van der Waals surface area contributed by atoms with E-state index in [0.717, 1.165) is 6.29 Å². The molecule has 0 bridgehead atoms. The van der Waals surface area contributed by atoms with Crippen molar-refractivity contribution >= 4 is 12.2 Å². The molecule has 1 amide bonds. The molecular weight excluding hydrogens is 234 g/mol. The van der Waals surface area contributed by atoms with Gasteiger partial charge in [0, 0.05) is 19.2 Å². The summed E-state index contributed by atoms with van der Waals surface area (Å²) in [5, 5.41) is 2.68. The van der Waals surface area contributed by atoms with Crippen LogP contribution in [0.5, 0.6) is 5.75 Å². The van der Waals surface area contributed by atoms with Crippen LogP contribution in [0.15, 0.2) is 24.3 Å². The standard InChI is InChI=1S/C13H17NO4/c1-10(13(16)14-7-8-17-2)18-12-5-3-11(9-15)4-6-12/h3-6,9-10H,7-8H2,1-2H3,(H,14,16). The van der Waals surface area contributed by atoms with Crippen molar-refractivity contribution in [3.05, 3.63) is 29.8 Å². The average Bonchev–Trinajstić information content (AvgIpc) is 2.39. The zero-order valence-electron chi connectivity index (χ0n) is 10.5. The highest BCUT2D eigenvalue weighted by Gasteiger charge is 2.13. The Labute approximate surface area is 106 Å². The van der Waals surface area contributed by atoms with Gasteiger partial charge >= 0.3 is 0 Å². The molecule has 0 fully saturated rings. The number of ether oxygens (including phenoxy) is 2. The number of amides is 1. The van der Waals surface area contributed by atoms with Crippen molar-refractivity contribution in [1.29, 1.82) is 0 Å². The van der Waals surface area contributed by atoms with Crippen molar-refractivity contribution < 1.29 is 19.1 Å². The normalized spacial score (nSPS) is 11.7. The van der Waals surface area contributed by atoms with Gasteiger partial charge < -0.3 is 14.8 Å². The molecule has 0 aliphatic carbocycles. The number of rotatable bonds is 7. The van der Waals surface area contributed by atoms with E-state index in [1.54, 1.807) is 38.3 Å². The number of hydrogen-bond donors (Lipinski definition) is 1. The van der Waals surface area contributed by atoms with Crippen LogP contribution in [0.3, 0.4) is 0 Å². The van der Waals surface area contributed by atoms with E-state index in [9.17, 15) is 9.59 Å². The number of carbonyl (C=O) groups excluding carboxylic acids is 2. The second-order valence-electron chi connectivity index (χ2n) is 3.73. The van der Waals surface area contributed by atoms with E-state index in [2.05, 4.69) is 5.32 Å². The third-order valence-corrected chi connectivity index (χ3v) is 2.30. The fourth-order valence-electron chi connectivity index (χ4n) is 1.30. The molecule has 0 aliphatic rings. The minimum absolute atomic E-state index is 0.202. The molecule has 1 N–H and O–H groups in total. The summed E-state index contributed by atoms with van der Waals surface area (Å²) in [5.74, 6) is 0.349. The van der Waals surface area contributed by atoms with Crippen LogP contribution in [0.25, 0.3) is 0 Å². The molecule has 1 atom stereocenters. The summed E-state index contributed by atoms with van der Waals surface area (Å²) in [4.78, 5) is 22.1. The number of aldehydes is 1. The van der Waals surface area contributed by atoms with Crippen molar-refractivity contribution in [3.8, 4) is 5.75 Å². The van der Waals surface area contributed by atoms with Gasteiger partial charge in [-0.15, -0.1) is 0 Å². The molecule has 5 heteroatoms. The Bertz CT molecular complexity index is 388. The van der Waals surface area contributed by atoms with Crippen LogP contribution in [0, 0.1) is 0 Å². The Morgan fingerprint density at radius 3 is 2.61 bits per heavy atom. The lowest BCUT2D eigenvalue weighted by Crippen LogP contribution is -2.37. The predicted octanol–water partition coefficient (Wildman–Crippen LogP) is 1.03. The molecule has 0 aliphatic heterocycles. The minimum Gasteiger partial charge on any atom is -0.481 e. The fourth-order valence-corrected chi connectivity index (χ4v) is 1.30. The first kappa shape index (κ1) is 14.2. The second-order valence-corrected chi connectivity index (χ2v) is 3.73. The van der Waals surface area contributed by atoms with Crippen molar-refractivity contribution in [3.63, 3.8) is 0 Å². The first-order valence-corrected chi connectivity index (χ1v) is 5.66. The summed E-state index contributed by atoms with van der Waals surface area (Å²) in [7, 11) is 1.57. The van der Waals surface area contributed by atoms with Gasteiger partial charge in [-0.2, -0.15) is 0 Å². The molecule has 1 aromatic rings. The SMILES string of the molecule is COCCNC(=O)C(C)Oc1ccc(C=O)cc1. The van der Waals surface area contributed by atoms with E-state index in [0.29, 0.717) is 24.5 Å². The van der Waals surface area contributed by atoms with Crippen LogP contribution in [0.4, 0.5) is 0 Å². The van der Waals surface area contributed by atoms with Crippen molar-refractivity contribution in [2.24, 2.45) is 0 Å². The largest absolute Gasteiger partial charge is 0.481 e. The first-order valence-electron chi connectivity index (χ1n) is 5.66. The van der Waals surface area contributed by atoms with Crippen molar-refractivity contribution in [2.45, 2.75) is 13.0 Å². The molecule has 0 saturated carbocycles. The monoisotopic (exact) mass is 251 g/mol. The zero-order chi connectivity index (χ0) is 13.4. The van der Waals surface area contributed by atoms with Crippen LogP contribution in [-0.2, 0) is 9.53 Å². The summed E-state index contributed by atoms with van der Waals surface area (Å²) >= 11 is 0. The first-order chi connectivity index (χ1) is 8.67. The molecule has 0 saturated heterocycles. The van der Waals surface area contributed by atoms with Crippen LogP contribution in [0.1, 0.15) is 17.3 Å². The number of nitrogens with one attached hydrogen (secondary N) is 1. The Hall–Kier alpha value is -1.88. The molecule has 1 rings (SSSR count). The van der Waals surface area contributed by atoms with Gasteiger partial charge in [-0.05, 0) is 31.2 Å². The highest BCUT2D eigenvalue weighted by molar-refractivity contribution is 5.80. The Balaban J connectivity index is 2.44. The third kappa shape index (κ3) is 4.55. The fraction of sp³-hybridized carbons (Fsp3) is 0.385. The summed E-state index contributed by atoms with van der Waals surface area (Å²) < 4.78 is 10.3. The molecule has 5 nitrogen and oxygen atoms in total. The van der Waals surface area contributed by atoms with Crippen LogP contribution in [-0.4, -0.2) is 38.6 Å². The topological polar surface area (TPSA) is 64.6 Å². The highest BCUT2D eigenvalue weighted by atomic mass is 16.5. The minimum atomic E-state index is -0.594. The summed E-state index contributed by atoms with van der Waals surface area (Å²) in [5.41, 5.74) is 0.569. The molecular formula is C13H17NO4. The molecule has 18 heavy (non-hydrogen) atoms. The van der Waals surface area contributed by atoms with Gasteiger partial charge in [-0.3, -0.25) is 9.59 Å². The Morgan fingerprint density at radius 2 is 2.06 bits per heavy atom. The third-order valence-electron chi connectivity index (χ3n) is 2.30. The molecule has 1 aromatic carbocycles. The van der Waals surface area contributed by atoms with Crippen LogP contribution in [0.2, 0.25) is 0 Å². The van der Waals surface area contributed by atoms with Crippen LogP contribution < -0.4 is 10.1 Å². The van der Waals surface area contributed by atoms with Crippen molar-refractivity contribution in [1.82, 2.24) is 5.32 Å². The second kappa shape index (κ2) is 7.45. The van der Waals surface area contributed by atoms with E-state index in [-0.39, 0.29) is 5.91 Å². The number of hydrogen-bond acceptors (Lipinski definition) is 4. The lowest BCUT2D eigenvalue weighted by Gasteiger charge is -2.14. The van der Waals surface area contributed by atoms with Gasteiger partial charge in [0.2, 0.25) is 0 Å². The molecule has 98 valence electrons. The van der Waals surface area contributed by atoms with Crippen molar-refractivity contribution in [2.75, 3.05) is 20.3 Å². The summed E-state index contributed by atoms with van der Waals surface area (Å²) in [6.45, 7) is 2.58. The average molecular weight is 251 g/mol. The van der Waals surface area contributed by atoms with Gasteiger partial charge in [0.15, 0.2) is 6.10 Å². The maximum atomic E-state index is 11.6. The van der Waals surface area contributed by atoms with E-state index < -0.39 is 6.10 Å². The van der Waals surface area contributed by atoms with Crippen LogP contribution >= 0.6 is 0 Å². The lowest BCUT2D eigenvalue weighted by atomic mass is 10.2. The molecule has 0 aromatic heterocycles. The zero-order valence-corrected chi connectivity index (χ0v) is 10.5. The summed E-state index contributed by atoms with van der Waals surface area (Å²) in [6.07, 6.45) is 0.161.